The van der Waals surface area contributed by atoms with Gasteiger partial charge in [-0.2, -0.15) is 92.2 Å². The Bertz CT molecular complexity index is 1170. The molecule has 0 aliphatic rings. The van der Waals surface area contributed by atoms with Gasteiger partial charge < -0.3 is 20.8 Å². The van der Waals surface area contributed by atoms with Gasteiger partial charge >= 0.3 is 78.1 Å². The lowest BCUT2D eigenvalue weighted by atomic mass is 9.77. The molecule has 298 valence electrons. The number of rotatable bonds is 19. The summed E-state index contributed by atoms with van der Waals surface area (Å²) in [6.45, 7) is -0.630. The third kappa shape index (κ3) is 8.18. The molecule has 0 radical (unpaired) electrons. The van der Waals surface area contributed by atoms with Crippen LogP contribution in [0.1, 0.15) is 32.1 Å². The predicted molar refractivity (Wildman–Crippen MR) is 114 cm³/mol. The number of carboxylic acid groups (broad SMARTS) is 2. The van der Waals surface area contributed by atoms with E-state index in [-0.39, 0.29) is 0 Å². The molecule has 0 aliphatic heterocycles. The summed E-state index contributed by atoms with van der Waals surface area (Å²) in [5, 5.41) is 19.3. The zero-order chi connectivity index (χ0) is 40.5. The van der Waals surface area contributed by atoms with Gasteiger partial charge in [-0.25, -0.2) is 18.4 Å². The second kappa shape index (κ2) is 14.5. The van der Waals surface area contributed by atoms with E-state index >= 15 is 8.78 Å². The first kappa shape index (κ1) is 46.9. The summed E-state index contributed by atoms with van der Waals surface area (Å²) in [6.07, 6.45) is -27.2. The molecule has 4 N–H and O–H groups in total. The van der Waals surface area contributed by atoms with Crippen LogP contribution in [0.3, 0.4) is 0 Å². The normalized spacial score (nSPS) is 16.3. The maximum Gasteiger partial charge on any atom is 0.460 e. The zero-order valence-corrected chi connectivity index (χ0v) is 23.4. The molecule has 2 unspecified atom stereocenters. The number of carbonyl (C=O) groups is 2. The maximum absolute atomic E-state index is 15.2. The fraction of sp³-hybridized carbons (Fsp3) is 0.905. The van der Waals surface area contributed by atoms with Crippen molar-refractivity contribution < 1.29 is 121 Å². The summed E-state index contributed by atoms with van der Waals surface area (Å²) in [4.78, 5) is 21.4. The van der Waals surface area contributed by atoms with Crippen molar-refractivity contribution in [1.29, 1.82) is 0 Å². The van der Waals surface area contributed by atoms with Gasteiger partial charge in [-0.15, -0.1) is 0 Å². The summed E-state index contributed by atoms with van der Waals surface area (Å²) in [6, 6.07) is -3.83. The van der Waals surface area contributed by atoms with Crippen molar-refractivity contribution in [3.8, 4) is 0 Å². The van der Waals surface area contributed by atoms with Crippen LogP contribution < -0.4 is 10.6 Å². The molecule has 0 aromatic heterocycles. The van der Waals surface area contributed by atoms with Crippen molar-refractivity contribution >= 4 is 12.2 Å². The zero-order valence-electron chi connectivity index (χ0n) is 23.4. The summed E-state index contributed by atoms with van der Waals surface area (Å²) < 4.78 is 315. The lowest BCUT2D eigenvalue weighted by Gasteiger charge is -2.45. The molecule has 0 spiro atoms. The molecule has 2 atom stereocenters. The smallest absolute Gasteiger partial charge is 0.460 e. The highest BCUT2D eigenvalue weighted by molar-refractivity contribution is 5.65. The molecule has 0 aliphatic carbocycles. The molecular formula is C21H19F23N2O4. The molecule has 0 aromatic carbocycles. The van der Waals surface area contributed by atoms with E-state index in [9.17, 15) is 102 Å². The Morgan fingerprint density at radius 1 is 0.520 bits per heavy atom. The van der Waals surface area contributed by atoms with Gasteiger partial charge in [0.05, 0.1) is 5.92 Å². The number of unbranched alkanes of at least 4 members (excludes halogenated alkanes) is 2. The molecular weight excluding hydrogens is 781 g/mol. The van der Waals surface area contributed by atoms with Crippen molar-refractivity contribution in [2.45, 2.75) is 104 Å². The van der Waals surface area contributed by atoms with Crippen LogP contribution in [0.15, 0.2) is 0 Å². The Morgan fingerprint density at radius 2 is 0.940 bits per heavy atom. The van der Waals surface area contributed by atoms with Gasteiger partial charge in [0.1, 0.15) is 0 Å². The van der Waals surface area contributed by atoms with Crippen LogP contribution >= 0.6 is 0 Å². The number of alkyl halides is 23. The molecule has 29 heteroatoms. The van der Waals surface area contributed by atoms with E-state index in [1.807, 2.05) is 0 Å². The fourth-order valence-corrected chi connectivity index (χ4v) is 3.91. The Hall–Kier alpha value is -3.07. The second-order valence-electron chi connectivity index (χ2n) is 10.1. The molecule has 0 bridgehead atoms. The minimum atomic E-state index is -9.04. The largest absolute Gasteiger partial charge is 0.465 e. The molecule has 0 rings (SSSR count). The number of halogens is 23. The van der Waals surface area contributed by atoms with Gasteiger partial charge in [-0.05, 0) is 12.8 Å². The van der Waals surface area contributed by atoms with E-state index in [0.29, 0.717) is 5.32 Å². The van der Waals surface area contributed by atoms with Gasteiger partial charge in [0.2, 0.25) is 0 Å². The predicted octanol–water partition coefficient (Wildman–Crippen LogP) is 9.00. The Labute approximate surface area is 261 Å². The summed E-state index contributed by atoms with van der Waals surface area (Å²) in [7, 11) is 0. The van der Waals surface area contributed by atoms with E-state index in [1.165, 1.54) is 0 Å². The highest BCUT2D eigenvalue weighted by Gasteiger charge is 2.94. The molecule has 0 saturated heterocycles. The average Bonchev–Trinajstić information content (AvgIpc) is 2.90. The van der Waals surface area contributed by atoms with E-state index in [2.05, 4.69) is 0 Å². The number of hydrogen-bond donors (Lipinski definition) is 4. The minimum absolute atomic E-state index is 0.498. The van der Waals surface area contributed by atoms with E-state index in [1.54, 1.807) is 5.32 Å². The maximum atomic E-state index is 15.2. The highest BCUT2D eigenvalue weighted by atomic mass is 19.4. The number of amides is 2. The topological polar surface area (TPSA) is 98.7 Å². The molecule has 50 heavy (non-hydrogen) atoms. The Balaban J connectivity index is 7.57. The summed E-state index contributed by atoms with van der Waals surface area (Å²) in [5.41, 5.74) is 0. The number of hydrogen-bond acceptors (Lipinski definition) is 2. The van der Waals surface area contributed by atoms with Crippen LogP contribution in [0, 0.1) is 5.92 Å². The SMILES string of the molecule is O=C(O)NCCCCCC(NC(=O)O)C(CC(F)(F)C(F)(F)C(F)(F)C(F)F)C(F)(F)C(F)(F)C(F)(F)C(F)(F)C(F)(F)C(F)(F)C(F)(F)F. The third-order valence-corrected chi connectivity index (χ3v) is 6.71. The monoisotopic (exact) mass is 800 g/mol. The van der Waals surface area contributed by atoms with Crippen LogP contribution in [-0.4, -0.2) is 101 Å². The average molecular weight is 800 g/mol. The van der Waals surface area contributed by atoms with Gasteiger partial charge in [0, 0.05) is 19.0 Å². The molecule has 2 amide bonds. The van der Waals surface area contributed by atoms with Crippen molar-refractivity contribution in [3.63, 3.8) is 0 Å². The lowest BCUT2D eigenvalue weighted by Crippen LogP contribution is -2.74. The Morgan fingerprint density at radius 3 is 1.32 bits per heavy atom. The van der Waals surface area contributed by atoms with Gasteiger partial charge in [0.15, 0.2) is 0 Å². The van der Waals surface area contributed by atoms with Gasteiger partial charge in [-0.3, -0.25) is 0 Å². The van der Waals surface area contributed by atoms with E-state index in [4.69, 9.17) is 10.2 Å². The quantitative estimate of drug-likeness (QED) is 0.0775. The Kier molecular flexibility index (Phi) is 13.6. The minimum Gasteiger partial charge on any atom is -0.465 e. The molecule has 0 aromatic rings. The molecule has 6 nitrogen and oxygen atoms in total. The lowest BCUT2D eigenvalue weighted by molar-refractivity contribution is -0.456. The summed E-state index contributed by atoms with van der Waals surface area (Å²) >= 11 is 0. The van der Waals surface area contributed by atoms with Crippen LogP contribution in [0.25, 0.3) is 0 Å². The highest BCUT2D eigenvalue weighted by Crippen LogP contribution is 2.64. The van der Waals surface area contributed by atoms with Crippen molar-refractivity contribution in [2.24, 2.45) is 5.92 Å². The van der Waals surface area contributed by atoms with E-state index in [0.717, 1.165) is 0 Å². The van der Waals surface area contributed by atoms with E-state index < -0.39 is 129 Å². The standard InChI is InChI=1S/C21H19F23N2O4/c22-9(23)14(28,29)15(30,31)12(24,25)6-7(8(46-11(49)50)4-2-1-3-5-45-10(47)48)13(26,27)16(32,33)17(34,35)18(36,37)19(38,39)20(40,41)21(42,43)44/h7-9,45-46H,1-6H2,(H,47,48)(H,49,50). The van der Waals surface area contributed by atoms with Gasteiger partial charge in [0.25, 0.3) is 0 Å². The van der Waals surface area contributed by atoms with Crippen LogP contribution in [0.2, 0.25) is 0 Å². The second-order valence-corrected chi connectivity index (χ2v) is 10.1. The van der Waals surface area contributed by atoms with Crippen molar-refractivity contribution in [2.75, 3.05) is 6.54 Å². The molecule has 0 fully saturated rings. The van der Waals surface area contributed by atoms with Crippen LogP contribution in [0.4, 0.5) is 111 Å². The number of nitrogens with one attached hydrogen (secondary N) is 2. The summed E-state index contributed by atoms with van der Waals surface area (Å²) in [5.74, 6) is -80.0. The van der Waals surface area contributed by atoms with Crippen LogP contribution in [0.5, 0.6) is 0 Å². The van der Waals surface area contributed by atoms with Crippen molar-refractivity contribution in [3.05, 3.63) is 0 Å². The third-order valence-electron chi connectivity index (χ3n) is 6.71. The van der Waals surface area contributed by atoms with Crippen molar-refractivity contribution in [1.82, 2.24) is 10.6 Å². The first-order chi connectivity index (χ1) is 21.8. The first-order valence-corrected chi connectivity index (χ1v) is 12.5. The first-order valence-electron chi connectivity index (χ1n) is 12.5. The van der Waals surface area contributed by atoms with Gasteiger partial charge in [-0.1, -0.05) is 12.8 Å². The molecule has 0 saturated carbocycles. The van der Waals surface area contributed by atoms with Crippen LogP contribution in [-0.2, 0) is 0 Å². The molecule has 0 heterocycles. The fourth-order valence-electron chi connectivity index (χ4n) is 3.91.